The van der Waals surface area contributed by atoms with Gasteiger partial charge in [-0.15, -0.1) is 12.4 Å². The minimum Gasteiger partial charge on any atom is -0.466 e. The molecule has 0 radical (unpaired) electrons. The van der Waals surface area contributed by atoms with Crippen LogP contribution >= 0.6 is 12.4 Å². The summed E-state index contributed by atoms with van der Waals surface area (Å²) in [6.07, 6.45) is 4.36. The molecule has 3 nitrogen and oxygen atoms in total. The molecule has 0 bridgehead atoms. The predicted molar refractivity (Wildman–Crippen MR) is 53.8 cm³/mol. The highest BCUT2D eigenvalue weighted by Crippen LogP contribution is 2.23. The quantitative estimate of drug-likeness (QED) is 0.699. The molecule has 0 atom stereocenters. The smallest absolute Gasteiger partial charge is 0.302 e. The van der Waals surface area contributed by atoms with E-state index in [1.54, 1.807) is 0 Å². The van der Waals surface area contributed by atoms with Crippen LogP contribution in [0.25, 0.3) is 0 Å². The van der Waals surface area contributed by atoms with Crippen LogP contribution in [0.3, 0.4) is 0 Å². The molecule has 0 aromatic rings. The number of nitrogens with two attached hydrogens (primary N) is 1. The lowest BCUT2D eigenvalue weighted by atomic mass is 9.87. The third-order valence-corrected chi connectivity index (χ3v) is 2.41. The van der Waals surface area contributed by atoms with Gasteiger partial charge >= 0.3 is 5.97 Å². The Morgan fingerprint density at radius 2 is 1.92 bits per heavy atom. The van der Waals surface area contributed by atoms with E-state index in [0.717, 1.165) is 25.7 Å². The monoisotopic (exact) mass is 207 g/mol. The fraction of sp³-hybridized carbons (Fsp3) is 0.889. The van der Waals surface area contributed by atoms with E-state index in [2.05, 4.69) is 0 Å². The molecule has 1 rings (SSSR count). The molecule has 78 valence electrons. The molecular weight excluding hydrogens is 190 g/mol. The van der Waals surface area contributed by atoms with E-state index in [0.29, 0.717) is 18.6 Å². The van der Waals surface area contributed by atoms with E-state index in [-0.39, 0.29) is 18.4 Å². The summed E-state index contributed by atoms with van der Waals surface area (Å²) < 4.78 is 4.94. The Kier molecular flexibility index (Phi) is 6.08. The average molecular weight is 208 g/mol. The van der Waals surface area contributed by atoms with Crippen molar-refractivity contribution >= 4 is 18.4 Å². The van der Waals surface area contributed by atoms with Gasteiger partial charge in [0.25, 0.3) is 0 Å². The van der Waals surface area contributed by atoms with Gasteiger partial charge in [-0.25, -0.2) is 0 Å². The van der Waals surface area contributed by atoms with Crippen molar-refractivity contribution in [3.05, 3.63) is 0 Å². The Bertz CT molecular complexity index is 156. The van der Waals surface area contributed by atoms with Crippen molar-refractivity contribution < 1.29 is 9.53 Å². The molecule has 1 aliphatic carbocycles. The molecule has 1 fully saturated rings. The minimum atomic E-state index is -0.176. The zero-order valence-electron chi connectivity index (χ0n) is 7.99. The number of hydrogen-bond donors (Lipinski definition) is 1. The third-order valence-electron chi connectivity index (χ3n) is 2.41. The number of carbonyl (C=O) groups is 1. The van der Waals surface area contributed by atoms with E-state index >= 15 is 0 Å². The van der Waals surface area contributed by atoms with Crippen LogP contribution in [-0.2, 0) is 9.53 Å². The van der Waals surface area contributed by atoms with Crippen molar-refractivity contribution in [2.24, 2.45) is 11.7 Å². The second-order valence-electron chi connectivity index (χ2n) is 3.58. The molecule has 0 saturated heterocycles. The van der Waals surface area contributed by atoms with E-state index < -0.39 is 0 Å². The summed E-state index contributed by atoms with van der Waals surface area (Å²) in [5.41, 5.74) is 5.75. The molecule has 0 heterocycles. The van der Waals surface area contributed by atoms with E-state index in [9.17, 15) is 4.79 Å². The first-order chi connectivity index (χ1) is 5.68. The molecule has 0 unspecified atom stereocenters. The first-order valence-corrected chi connectivity index (χ1v) is 4.57. The minimum absolute atomic E-state index is 0. The molecule has 0 amide bonds. The number of hydrogen-bond acceptors (Lipinski definition) is 3. The normalized spacial score (nSPS) is 27.5. The zero-order chi connectivity index (χ0) is 8.97. The van der Waals surface area contributed by atoms with Gasteiger partial charge < -0.3 is 10.5 Å². The molecule has 1 aliphatic rings. The Morgan fingerprint density at radius 3 is 2.38 bits per heavy atom. The first kappa shape index (κ1) is 12.7. The van der Waals surface area contributed by atoms with Crippen LogP contribution in [0.2, 0.25) is 0 Å². The number of halogens is 1. The summed E-state index contributed by atoms with van der Waals surface area (Å²) in [6, 6.07) is 0.374. The van der Waals surface area contributed by atoms with Gasteiger partial charge in [0.15, 0.2) is 0 Å². The van der Waals surface area contributed by atoms with Crippen molar-refractivity contribution in [2.45, 2.75) is 38.6 Å². The van der Waals surface area contributed by atoms with Crippen LogP contribution in [0.5, 0.6) is 0 Å². The van der Waals surface area contributed by atoms with Crippen molar-refractivity contribution in [1.82, 2.24) is 0 Å². The molecule has 1 saturated carbocycles. The van der Waals surface area contributed by atoms with Crippen LogP contribution in [0.1, 0.15) is 32.6 Å². The van der Waals surface area contributed by atoms with Gasteiger partial charge in [-0.05, 0) is 31.6 Å². The van der Waals surface area contributed by atoms with E-state index in [1.165, 1.54) is 6.92 Å². The molecule has 4 heteroatoms. The SMILES string of the molecule is CC(=O)OCC1CCC(N)CC1.Cl. The molecule has 2 N–H and O–H groups in total. The highest BCUT2D eigenvalue weighted by molar-refractivity contribution is 5.85. The van der Waals surface area contributed by atoms with Crippen LogP contribution in [0.4, 0.5) is 0 Å². The van der Waals surface area contributed by atoms with Crippen molar-refractivity contribution in [3.8, 4) is 0 Å². The summed E-state index contributed by atoms with van der Waals surface area (Å²) >= 11 is 0. The number of esters is 1. The Morgan fingerprint density at radius 1 is 1.38 bits per heavy atom. The number of rotatable bonds is 2. The van der Waals surface area contributed by atoms with Crippen LogP contribution in [0, 0.1) is 5.92 Å². The standard InChI is InChI=1S/C9H17NO2.ClH/c1-7(11)12-6-8-2-4-9(10)5-3-8;/h8-9H,2-6,10H2,1H3;1H. The molecular formula is C9H18ClNO2. The fourth-order valence-corrected chi connectivity index (χ4v) is 1.59. The van der Waals surface area contributed by atoms with Crippen molar-refractivity contribution in [2.75, 3.05) is 6.61 Å². The lowest BCUT2D eigenvalue weighted by Crippen LogP contribution is -2.28. The summed E-state index contributed by atoms with van der Waals surface area (Å²) in [5.74, 6) is 0.374. The van der Waals surface area contributed by atoms with E-state index in [4.69, 9.17) is 10.5 Å². The second-order valence-corrected chi connectivity index (χ2v) is 3.58. The van der Waals surface area contributed by atoms with Gasteiger partial charge in [-0.2, -0.15) is 0 Å². The molecule has 0 aromatic carbocycles. The topological polar surface area (TPSA) is 52.3 Å². The highest BCUT2D eigenvalue weighted by Gasteiger charge is 2.18. The van der Waals surface area contributed by atoms with Crippen molar-refractivity contribution in [3.63, 3.8) is 0 Å². The van der Waals surface area contributed by atoms with Crippen molar-refractivity contribution in [1.29, 1.82) is 0 Å². The first-order valence-electron chi connectivity index (χ1n) is 4.57. The fourth-order valence-electron chi connectivity index (χ4n) is 1.59. The van der Waals surface area contributed by atoms with Gasteiger partial charge in [-0.3, -0.25) is 4.79 Å². The Balaban J connectivity index is 0.00000144. The third kappa shape index (κ3) is 5.11. The van der Waals surface area contributed by atoms with E-state index in [1.807, 2.05) is 0 Å². The lowest BCUT2D eigenvalue weighted by Gasteiger charge is -2.25. The molecule has 0 aliphatic heterocycles. The van der Waals surface area contributed by atoms with Crippen LogP contribution < -0.4 is 5.73 Å². The van der Waals surface area contributed by atoms with Gasteiger partial charge in [0.1, 0.15) is 0 Å². The Hall–Kier alpha value is -0.280. The van der Waals surface area contributed by atoms with Gasteiger partial charge in [0.2, 0.25) is 0 Å². The Labute approximate surface area is 85.4 Å². The average Bonchev–Trinajstić information content (AvgIpc) is 2.03. The van der Waals surface area contributed by atoms with Gasteiger partial charge in [0, 0.05) is 13.0 Å². The summed E-state index contributed by atoms with van der Waals surface area (Å²) in [7, 11) is 0. The second kappa shape index (κ2) is 6.22. The number of carbonyl (C=O) groups excluding carboxylic acids is 1. The van der Waals surface area contributed by atoms with Gasteiger partial charge in [-0.1, -0.05) is 0 Å². The zero-order valence-corrected chi connectivity index (χ0v) is 8.81. The van der Waals surface area contributed by atoms with Crippen LogP contribution in [0.15, 0.2) is 0 Å². The maximum atomic E-state index is 10.5. The predicted octanol–water partition coefficient (Wildman–Crippen LogP) is 1.49. The largest absolute Gasteiger partial charge is 0.466 e. The molecule has 13 heavy (non-hydrogen) atoms. The lowest BCUT2D eigenvalue weighted by molar-refractivity contribution is -0.142. The summed E-state index contributed by atoms with van der Waals surface area (Å²) in [5, 5.41) is 0. The maximum absolute atomic E-state index is 10.5. The summed E-state index contributed by atoms with van der Waals surface area (Å²) in [6.45, 7) is 2.04. The summed E-state index contributed by atoms with van der Waals surface area (Å²) in [4.78, 5) is 10.5. The van der Waals surface area contributed by atoms with Gasteiger partial charge in [0.05, 0.1) is 6.61 Å². The highest BCUT2D eigenvalue weighted by atomic mass is 35.5. The molecule has 0 spiro atoms. The van der Waals surface area contributed by atoms with Crippen LogP contribution in [-0.4, -0.2) is 18.6 Å². The maximum Gasteiger partial charge on any atom is 0.302 e. The number of ether oxygens (including phenoxy) is 1. The molecule has 0 aromatic heterocycles.